The van der Waals surface area contributed by atoms with E-state index in [4.69, 9.17) is 10.5 Å². The van der Waals surface area contributed by atoms with E-state index in [2.05, 4.69) is 0 Å². The molecule has 0 fully saturated rings. The fourth-order valence-corrected chi connectivity index (χ4v) is 2.19. The topological polar surface area (TPSA) is 52.3 Å². The molecule has 2 N–H and O–H groups in total. The van der Waals surface area contributed by atoms with Gasteiger partial charge in [-0.1, -0.05) is 60.7 Å². The molecule has 2 aromatic rings. The lowest BCUT2D eigenvalue weighted by atomic mass is 9.93. The van der Waals surface area contributed by atoms with E-state index in [1.54, 1.807) is 0 Å². The van der Waals surface area contributed by atoms with E-state index in [1.807, 2.05) is 67.6 Å². The van der Waals surface area contributed by atoms with Crippen LogP contribution in [0.1, 0.15) is 18.1 Å². The Morgan fingerprint density at radius 2 is 1.52 bits per heavy atom. The summed E-state index contributed by atoms with van der Waals surface area (Å²) in [6.45, 7) is 2.13. The van der Waals surface area contributed by atoms with Crippen molar-refractivity contribution in [1.82, 2.24) is 0 Å². The van der Waals surface area contributed by atoms with Crippen molar-refractivity contribution in [3.8, 4) is 0 Å². The van der Waals surface area contributed by atoms with Gasteiger partial charge in [0.05, 0.1) is 5.92 Å². The highest BCUT2D eigenvalue weighted by Gasteiger charge is 2.24. The van der Waals surface area contributed by atoms with Crippen LogP contribution in [0.4, 0.5) is 0 Å². The van der Waals surface area contributed by atoms with Crippen LogP contribution in [0, 0.1) is 5.92 Å². The number of hydrogen-bond acceptors (Lipinski definition) is 3. The van der Waals surface area contributed by atoms with Gasteiger partial charge in [-0.3, -0.25) is 4.79 Å². The molecule has 2 unspecified atom stereocenters. The maximum atomic E-state index is 12.3. The highest BCUT2D eigenvalue weighted by atomic mass is 16.5. The minimum atomic E-state index is -0.323. The van der Waals surface area contributed by atoms with Crippen molar-refractivity contribution < 1.29 is 9.53 Å². The van der Waals surface area contributed by atoms with Gasteiger partial charge in [-0.05, 0) is 24.5 Å². The van der Waals surface area contributed by atoms with Gasteiger partial charge in [-0.2, -0.15) is 0 Å². The molecule has 0 bridgehead atoms. The average Bonchev–Trinajstić information content (AvgIpc) is 2.52. The molecule has 0 radical (unpaired) electrons. The molecule has 2 aromatic carbocycles. The largest absolute Gasteiger partial charge is 0.461 e. The molecular formula is C18H21NO2. The molecule has 2 rings (SSSR count). The third-order valence-corrected chi connectivity index (χ3v) is 3.46. The summed E-state index contributed by atoms with van der Waals surface area (Å²) in [6.07, 6.45) is 0.603. The third kappa shape index (κ3) is 4.72. The Labute approximate surface area is 125 Å². The van der Waals surface area contributed by atoms with Crippen molar-refractivity contribution >= 4 is 5.97 Å². The molecular weight excluding hydrogens is 262 g/mol. The highest BCUT2D eigenvalue weighted by molar-refractivity contribution is 5.73. The standard InChI is InChI=1S/C18H21NO2/c1-14(19)17(12-15-8-4-2-5-9-15)18(20)21-13-16-10-6-3-7-11-16/h2-11,14,17H,12-13,19H2,1H3. The average molecular weight is 283 g/mol. The van der Waals surface area contributed by atoms with Gasteiger partial charge >= 0.3 is 5.97 Å². The normalized spacial score (nSPS) is 13.4. The highest BCUT2D eigenvalue weighted by Crippen LogP contribution is 2.14. The molecule has 21 heavy (non-hydrogen) atoms. The summed E-state index contributed by atoms with van der Waals surface area (Å²) < 4.78 is 5.40. The van der Waals surface area contributed by atoms with Crippen LogP contribution in [0.25, 0.3) is 0 Å². The summed E-state index contributed by atoms with van der Waals surface area (Å²) >= 11 is 0. The molecule has 0 aromatic heterocycles. The third-order valence-electron chi connectivity index (χ3n) is 3.46. The Morgan fingerprint density at radius 1 is 1.00 bits per heavy atom. The molecule has 2 atom stereocenters. The zero-order chi connectivity index (χ0) is 15.1. The van der Waals surface area contributed by atoms with E-state index in [1.165, 1.54) is 0 Å². The smallest absolute Gasteiger partial charge is 0.311 e. The number of nitrogens with two attached hydrogens (primary N) is 1. The van der Waals surface area contributed by atoms with Gasteiger partial charge < -0.3 is 10.5 Å². The molecule has 0 saturated carbocycles. The predicted octanol–water partition coefficient (Wildman–Crippen LogP) is 2.94. The summed E-state index contributed by atoms with van der Waals surface area (Å²) in [5.41, 5.74) is 8.03. The lowest BCUT2D eigenvalue weighted by Gasteiger charge is -2.19. The zero-order valence-corrected chi connectivity index (χ0v) is 12.2. The monoisotopic (exact) mass is 283 g/mol. The van der Waals surface area contributed by atoms with Crippen molar-refractivity contribution in [3.63, 3.8) is 0 Å². The van der Waals surface area contributed by atoms with Gasteiger partial charge in [0, 0.05) is 6.04 Å². The van der Waals surface area contributed by atoms with E-state index in [0.29, 0.717) is 6.42 Å². The van der Waals surface area contributed by atoms with Crippen molar-refractivity contribution in [1.29, 1.82) is 0 Å². The molecule has 3 heteroatoms. The minimum Gasteiger partial charge on any atom is -0.461 e. The van der Waals surface area contributed by atoms with Crippen molar-refractivity contribution in [2.24, 2.45) is 11.7 Å². The van der Waals surface area contributed by atoms with Gasteiger partial charge in [-0.25, -0.2) is 0 Å². The summed E-state index contributed by atoms with van der Waals surface area (Å²) in [6, 6.07) is 19.3. The predicted molar refractivity (Wildman–Crippen MR) is 83.5 cm³/mol. The van der Waals surface area contributed by atoms with Crippen LogP contribution < -0.4 is 5.73 Å². The molecule has 0 aliphatic rings. The number of rotatable bonds is 6. The Balaban J connectivity index is 1.96. The van der Waals surface area contributed by atoms with Crippen molar-refractivity contribution in [2.75, 3.05) is 0 Å². The summed E-state index contributed by atoms with van der Waals surface area (Å²) in [5.74, 6) is -0.561. The SMILES string of the molecule is CC(N)C(Cc1ccccc1)C(=O)OCc1ccccc1. The second kappa shape index (κ2) is 7.60. The molecule has 3 nitrogen and oxygen atoms in total. The lowest BCUT2D eigenvalue weighted by Crippen LogP contribution is -2.35. The number of ether oxygens (including phenoxy) is 1. The number of carbonyl (C=O) groups is 1. The second-order valence-corrected chi connectivity index (χ2v) is 5.25. The van der Waals surface area contributed by atoms with E-state index in [9.17, 15) is 4.79 Å². The quantitative estimate of drug-likeness (QED) is 0.829. The first-order valence-electron chi connectivity index (χ1n) is 7.17. The Morgan fingerprint density at radius 3 is 2.05 bits per heavy atom. The first-order valence-corrected chi connectivity index (χ1v) is 7.17. The van der Waals surface area contributed by atoms with Crippen LogP contribution >= 0.6 is 0 Å². The van der Waals surface area contributed by atoms with E-state index in [-0.39, 0.29) is 24.5 Å². The number of benzene rings is 2. The summed E-state index contributed by atoms with van der Waals surface area (Å²) in [7, 11) is 0. The van der Waals surface area contributed by atoms with Gasteiger partial charge in [0.25, 0.3) is 0 Å². The van der Waals surface area contributed by atoms with E-state index < -0.39 is 0 Å². The lowest BCUT2D eigenvalue weighted by molar-refractivity contribution is -0.150. The van der Waals surface area contributed by atoms with Crippen LogP contribution in [-0.4, -0.2) is 12.0 Å². The minimum absolute atomic E-state index is 0.238. The van der Waals surface area contributed by atoms with Gasteiger partial charge in [-0.15, -0.1) is 0 Å². The molecule has 0 amide bonds. The van der Waals surface area contributed by atoms with Crippen LogP contribution in [0.5, 0.6) is 0 Å². The van der Waals surface area contributed by atoms with Gasteiger partial charge in [0.1, 0.15) is 6.61 Å². The molecule has 0 saturated heterocycles. The van der Waals surface area contributed by atoms with Gasteiger partial charge in [0.15, 0.2) is 0 Å². The first kappa shape index (κ1) is 15.3. The van der Waals surface area contributed by atoms with E-state index in [0.717, 1.165) is 11.1 Å². The van der Waals surface area contributed by atoms with Crippen LogP contribution in [0.2, 0.25) is 0 Å². The number of hydrogen-bond donors (Lipinski definition) is 1. The Kier molecular flexibility index (Phi) is 5.52. The fourth-order valence-electron chi connectivity index (χ4n) is 2.19. The van der Waals surface area contributed by atoms with E-state index >= 15 is 0 Å². The Hall–Kier alpha value is -2.13. The van der Waals surface area contributed by atoms with Crippen molar-refractivity contribution in [2.45, 2.75) is 26.0 Å². The molecule has 0 aliphatic carbocycles. The molecule has 0 spiro atoms. The number of esters is 1. The fraction of sp³-hybridized carbons (Fsp3) is 0.278. The second-order valence-electron chi connectivity index (χ2n) is 5.25. The van der Waals surface area contributed by atoms with Crippen molar-refractivity contribution in [3.05, 3.63) is 71.8 Å². The van der Waals surface area contributed by atoms with Crippen LogP contribution in [0.15, 0.2) is 60.7 Å². The number of carbonyl (C=O) groups excluding carboxylic acids is 1. The van der Waals surface area contributed by atoms with Crippen LogP contribution in [0.3, 0.4) is 0 Å². The zero-order valence-electron chi connectivity index (χ0n) is 12.2. The summed E-state index contributed by atoms with van der Waals surface area (Å²) in [5, 5.41) is 0. The first-order chi connectivity index (χ1) is 10.2. The van der Waals surface area contributed by atoms with Gasteiger partial charge in [0.2, 0.25) is 0 Å². The molecule has 0 heterocycles. The molecule has 110 valence electrons. The Bertz CT molecular complexity index is 552. The molecule has 0 aliphatic heterocycles. The maximum Gasteiger partial charge on any atom is 0.311 e. The van der Waals surface area contributed by atoms with Crippen LogP contribution in [-0.2, 0) is 22.6 Å². The summed E-state index contributed by atoms with van der Waals surface area (Å²) in [4.78, 5) is 12.3. The maximum absolute atomic E-state index is 12.3.